The molecule has 0 atom stereocenters. The van der Waals surface area contributed by atoms with Crippen molar-refractivity contribution in [3.8, 4) is 22.3 Å². The summed E-state index contributed by atoms with van der Waals surface area (Å²) in [5, 5.41) is 0.402. The summed E-state index contributed by atoms with van der Waals surface area (Å²) in [6, 6.07) is 16.1. The van der Waals surface area contributed by atoms with Crippen LogP contribution in [0, 0.1) is 0 Å². The number of nitrogen functional groups attached to an aromatic ring is 3. The van der Waals surface area contributed by atoms with Crippen LogP contribution in [0.4, 0.5) is 17.1 Å². The minimum Gasteiger partial charge on any atom is -0.399 e. The van der Waals surface area contributed by atoms with E-state index in [1.54, 1.807) is 48.5 Å². The molecule has 0 aromatic heterocycles. The van der Waals surface area contributed by atoms with Crippen molar-refractivity contribution in [2.75, 3.05) is 17.2 Å². The van der Waals surface area contributed by atoms with Gasteiger partial charge in [0.25, 0.3) is 20.2 Å². The normalized spacial score (nSPS) is 12.2. The van der Waals surface area contributed by atoms with E-state index in [1.807, 2.05) is 0 Å². The number of rotatable bonds is 4. The Morgan fingerprint density at radius 3 is 1.55 bits per heavy atom. The van der Waals surface area contributed by atoms with E-state index in [2.05, 4.69) is 0 Å². The summed E-state index contributed by atoms with van der Waals surface area (Å²) in [5.74, 6) is 0. The van der Waals surface area contributed by atoms with Crippen LogP contribution in [0.1, 0.15) is 0 Å². The molecule has 4 rings (SSSR count). The molecule has 11 heteroatoms. The summed E-state index contributed by atoms with van der Waals surface area (Å²) in [6.07, 6.45) is 0. The third-order valence-electron chi connectivity index (χ3n) is 5.22. The van der Waals surface area contributed by atoms with E-state index in [9.17, 15) is 25.9 Å². The Morgan fingerprint density at radius 1 is 0.606 bits per heavy atom. The molecule has 33 heavy (non-hydrogen) atoms. The summed E-state index contributed by atoms with van der Waals surface area (Å²) in [4.78, 5) is -0.973. The number of fused-ring (bicyclic) bond motifs is 1. The lowest BCUT2D eigenvalue weighted by atomic mass is 9.95. The largest absolute Gasteiger partial charge is 0.399 e. The first-order valence-corrected chi connectivity index (χ1v) is 12.3. The molecule has 0 amide bonds. The van der Waals surface area contributed by atoms with Crippen molar-refractivity contribution in [3.05, 3.63) is 66.7 Å². The van der Waals surface area contributed by atoms with E-state index in [-0.39, 0.29) is 22.2 Å². The van der Waals surface area contributed by atoms with Crippen molar-refractivity contribution >= 4 is 48.1 Å². The second kappa shape index (κ2) is 7.74. The van der Waals surface area contributed by atoms with Crippen LogP contribution in [0.5, 0.6) is 0 Å². The Labute approximate surface area is 190 Å². The first-order valence-electron chi connectivity index (χ1n) is 9.43. The molecular formula is C22H19N3O6S2. The quantitative estimate of drug-likeness (QED) is 0.213. The number of hydrogen-bond donors (Lipinski definition) is 5. The molecule has 0 aliphatic heterocycles. The van der Waals surface area contributed by atoms with E-state index in [0.717, 1.165) is 12.1 Å². The highest BCUT2D eigenvalue weighted by Gasteiger charge is 2.25. The predicted octanol–water partition coefficient (Wildman–Crippen LogP) is 3.41. The van der Waals surface area contributed by atoms with Crippen molar-refractivity contribution in [1.82, 2.24) is 0 Å². The zero-order valence-corrected chi connectivity index (χ0v) is 18.6. The van der Waals surface area contributed by atoms with E-state index in [0.29, 0.717) is 27.9 Å². The first kappa shape index (κ1) is 22.6. The van der Waals surface area contributed by atoms with Crippen LogP contribution in [-0.2, 0) is 20.2 Å². The molecule has 9 nitrogen and oxygen atoms in total. The van der Waals surface area contributed by atoms with Gasteiger partial charge < -0.3 is 17.2 Å². The molecule has 8 N–H and O–H groups in total. The van der Waals surface area contributed by atoms with Crippen molar-refractivity contribution < 1.29 is 25.9 Å². The molecule has 4 aromatic rings. The van der Waals surface area contributed by atoms with E-state index in [4.69, 9.17) is 17.2 Å². The summed E-state index contributed by atoms with van der Waals surface area (Å²) in [7, 11) is -9.47. The van der Waals surface area contributed by atoms with Gasteiger partial charge in [0.05, 0.1) is 0 Å². The molecule has 0 radical (unpaired) electrons. The molecule has 0 aliphatic rings. The SMILES string of the molecule is Nc1ccc(-c2cc3c(N)c(-c4ccc(N)cc4)c(S(=O)(=O)O)cc3cc2S(=O)(=O)O)cc1. The lowest BCUT2D eigenvalue weighted by molar-refractivity contribution is 0.481. The average molecular weight is 486 g/mol. The summed E-state index contributed by atoms with van der Waals surface area (Å²) in [6.45, 7) is 0. The molecule has 0 unspecified atom stereocenters. The van der Waals surface area contributed by atoms with Crippen LogP contribution in [0.25, 0.3) is 33.0 Å². The maximum absolute atomic E-state index is 12.2. The van der Waals surface area contributed by atoms with E-state index in [1.165, 1.54) is 6.07 Å². The summed E-state index contributed by atoms with van der Waals surface area (Å²) < 4.78 is 68.4. The van der Waals surface area contributed by atoms with Crippen LogP contribution < -0.4 is 17.2 Å². The highest BCUT2D eigenvalue weighted by Crippen LogP contribution is 2.42. The fourth-order valence-corrected chi connectivity index (χ4v) is 5.17. The molecule has 0 aliphatic carbocycles. The van der Waals surface area contributed by atoms with Crippen molar-refractivity contribution in [1.29, 1.82) is 0 Å². The molecule has 0 spiro atoms. The summed E-state index contributed by atoms with van der Waals surface area (Å²) in [5.41, 5.74) is 19.7. The molecule has 0 fully saturated rings. The second-order valence-electron chi connectivity index (χ2n) is 7.43. The Morgan fingerprint density at radius 2 is 1.06 bits per heavy atom. The highest BCUT2D eigenvalue weighted by molar-refractivity contribution is 7.86. The fraction of sp³-hybridized carbons (Fsp3) is 0. The van der Waals surface area contributed by atoms with Crippen LogP contribution in [0.15, 0.2) is 76.5 Å². The Hall–Kier alpha value is -3.64. The van der Waals surface area contributed by atoms with Gasteiger partial charge in [0.15, 0.2) is 0 Å². The van der Waals surface area contributed by atoms with Gasteiger partial charge in [-0.25, -0.2) is 0 Å². The summed E-state index contributed by atoms with van der Waals surface area (Å²) >= 11 is 0. The van der Waals surface area contributed by atoms with Gasteiger partial charge in [0, 0.05) is 33.6 Å². The predicted molar refractivity (Wildman–Crippen MR) is 128 cm³/mol. The van der Waals surface area contributed by atoms with Crippen LogP contribution in [0.2, 0.25) is 0 Å². The van der Waals surface area contributed by atoms with Gasteiger partial charge in [0.2, 0.25) is 0 Å². The lowest BCUT2D eigenvalue weighted by Gasteiger charge is -2.17. The topological polar surface area (TPSA) is 187 Å². The molecule has 0 bridgehead atoms. The third-order valence-corrected chi connectivity index (χ3v) is 6.99. The molecule has 170 valence electrons. The smallest absolute Gasteiger partial charge is 0.295 e. The van der Waals surface area contributed by atoms with Crippen molar-refractivity contribution in [2.24, 2.45) is 0 Å². The third kappa shape index (κ3) is 4.22. The average Bonchev–Trinajstić information content (AvgIpc) is 2.73. The monoisotopic (exact) mass is 485 g/mol. The van der Waals surface area contributed by atoms with Crippen molar-refractivity contribution in [2.45, 2.75) is 9.79 Å². The van der Waals surface area contributed by atoms with Gasteiger partial charge in [-0.3, -0.25) is 9.11 Å². The highest BCUT2D eigenvalue weighted by atomic mass is 32.2. The second-order valence-corrected chi connectivity index (χ2v) is 10.2. The maximum atomic E-state index is 12.2. The van der Waals surface area contributed by atoms with Crippen LogP contribution in [-0.4, -0.2) is 25.9 Å². The number of anilines is 3. The van der Waals surface area contributed by atoms with Gasteiger partial charge >= 0.3 is 0 Å². The van der Waals surface area contributed by atoms with Gasteiger partial charge in [0.1, 0.15) is 9.79 Å². The van der Waals surface area contributed by atoms with Crippen LogP contribution >= 0.6 is 0 Å². The minimum atomic E-state index is -4.76. The molecular weight excluding hydrogens is 466 g/mol. The van der Waals surface area contributed by atoms with Gasteiger partial charge in [-0.15, -0.1) is 0 Å². The lowest BCUT2D eigenvalue weighted by Crippen LogP contribution is -2.06. The Bertz CT molecular complexity index is 1610. The number of nitrogens with two attached hydrogens (primary N) is 3. The van der Waals surface area contributed by atoms with Gasteiger partial charge in [-0.1, -0.05) is 24.3 Å². The number of hydrogen-bond acceptors (Lipinski definition) is 7. The molecule has 4 aromatic carbocycles. The first-order chi connectivity index (χ1) is 15.4. The molecule has 0 heterocycles. The van der Waals surface area contributed by atoms with Crippen molar-refractivity contribution in [3.63, 3.8) is 0 Å². The minimum absolute atomic E-state index is 0.0107. The molecule has 0 saturated carbocycles. The Balaban J connectivity index is 2.15. The standard InChI is InChI=1S/C22H19N3O6S2/c23-15-5-1-12(2-6-15)17-11-18-14(9-19(17)32(26,27)28)10-20(33(29,30)31)21(22(18)25)13-3-7-16(24)8-4-13/h1-11H,23-25H2,(H,26,27,28)(H,29,30,31). The maximum Gasteiger partial charge on any atom is 0.295 e. The van der Waals surface area contributed by atoms with E-state index < -0.39 is 30.0 Å². The zero-order chi connectivity index (χ0) is 24.1. The van der Waals surface area contributed by atoms with E-state index >= 15 is 0 Å². The van der Waals surface area contributed by atoms with Gasteiger partial charge in [-0.05, 0) is 59.0 Å². The zero-order valence-electron chi connectivity index (χ0n) is 16.9. The van der Waals surface area contributed by atoms with Gasteiger partial charge in [-0.2, -0.15) is 16.8 Å². The fourth-order valence-electron chi connectivity index (χ4n) is 3.68. The molecule has 0 saturated heterocycles. The van der Waals surface area contributed by atoms with Crippen LogP contribution in [0.3, 0.4) is 0 Å². The number of benzene rings is 4. The Kier molecular flexibility index (Phi) is 5.29.